The first-order valence-electron chi connectivity index (χ1n) is 11.2. The van der Waals surface area contributed by atoms with E-state index in [4.69, 9.17) is 4.74 Å². The van der Waals surface area contributed by atoms with E-state index in [1.165, 1.54) is 6.20 Å². The number of hydrogen-bond acceptors (Lipinski definition) is 6. The summed E-state index contributed by atoms with van der Waals surface area (Å²) >= 11 is 1.58. The van der Waals surface area contributed by atoms with Crippen LogP contribution in [0.25, 0.3) is 10.2 Å². The van der Waals surface area contributed by atoms with Gasteiger partial charge in [0, 0.05) is 24.5 Å². The number of anilines is 2. The number of pyridine rings is 1. The van der Waals surface area contributed by atoms with Crippen LogP contribution >= 0.6 is 11.3 Å². The Balaban J connectivity index is 1.22. The Kier molecular flexibility index (Phi) is 6.29. The summed E-state index contributed by atoms with van der Waals surface area (Å²) in [5.41, 5.74) is 2.59. The number of hydrogen-bond donors (Lipinski definition) is 3. The van der Waals surface area contributed by atoms with Gasteiger partial charge < -0.3 is 25.3 Å². The van der Waals surface area contributed by atoms with Gasteiger partial charge in [-0.25, -0.2) is 4.98 Å². The van der Waals surface area contributed by atoms with Gasteiger partial charge >= 0.3 is 0 Å². The predicted molar refractivity (Wildman–Crippen MR) is 134 cm³/mol. The summed E-state index contributed by atoms with van der Waals surface area (Å²) in [5, 5.41) is 11.0. The van der Waals surface area contributed by atoms with Crippen molar-refractivity contribution in [2.75, 3.05) is 23.7 Å². The summed E-state index contributed by atoms with van der Waals surface area (Å²) in [5.74, 6) is 0.539. The van der Waals surface area contributed by atoms with Gasteiger partial charge in [0.05, 0.1) is 10.2 Å². The average Bonchev–Trinajstić information content (AvgIpc) is 3.44. The summed E-state index contributed by atoms with van der Waals surface area (Å²) in [4.78, 5) is 29.7. The molecule has 0 unspecified atom stereocenters. The van der Waals surface area contributed by atoms with Crippen LogP contribution in [0.2, 0.25) is 0 Å². The summed E-state index contributed by atoms with van der Waals surface area (Å²) in [7, 11) is 1.85. The Morgan fingerprint density at radius 3 is 2.62 bits per heavy atom. The van der Waals surface area contributed by atoms with Crippen LogP contribution < -0.4 is 20.7 Å². The number of rotatable bonds is 6. The minimum Gasteiger partial charge on any atom is -0.490 e. The molecule has 4 aromatic rings. The number of carbonyl (C=O) groups excluding carboxylic acids is 2. The van der Waals surface area contributed by atoms with E-state index in [1.807, 2.05) is 53.4 Å². The van der Waals surface area contributed by atoms with Crippen LogP contribution in [0, 0.1) is 0 Å². The zero-order valence-corrected chi connectivity index (χ0v) is 19.5. The highest BCUT2D eigenvalue weighted by molar-refractivity contribution is 7.17. The molecule has 1 aromatic carbocycles. The number of ether oxygens (including phenoxy) is 1. The van der Waals surface area contributed by atoms with E-state index in [0.29, 0.717) is 22.8 Å². The molecule has 0 spiro atoms. The Morgan fingerprint density at radius 2 is 1.85 bits per heavy atom. The minimum atomic E-state index is -0.288. The lowest BCUT2D eigenvalue weighted by molar-refractivity contribution is 0.101. The van der Waals surface area contributed by atoms with Crippen molar-refractivity contribution in [3.63, 3.8) is 0 Å². The standard InChI is InChI=1S/C25H25N5O3S/c1-30-20-9-13-34-22(20)15-21(30)25(32)29-23-14-16(6-12-27-23)24(31)28-17-2-4-18(5-3-17)33-19-7-10-26-11-8-19/h2-6,9,12-15,19,26H,7-8,10-11H2,1H3,(H,28,31)(H,27,29,32). The first kappa shape index (κ1) is 22.1. The smallest absolute Gasteiger partial charge is 0.273 e. The second-order valence-electron chi connectivity index (χ2n) is 8.19. The number of carbonyl (C=O) groups is 2. The molecule has 1 aliphatic heterocycles. The number of piperidine rings is 1. The van der Waals surface area contributed by atoms with E-state index in [2.05, 4.69) is 20.9 Å². The highest BCUT2D eigenvalue weighted by Crippen LogP contribution is 2.25. The number of fused-ring (bicyclic) bond motifs is 1. The number of amides is 2. The molecule has 9 heteroatoms. The highest BCUT2D eigenvalue weighted by atomic mass is 32.1. The summed E-state index contributed by atoms with van der Waals surface area (Å²) in [6.45, 7) is 1.94. The molecule has 4 heterocycles. The normalized spacial score (nSPS) is 14.1. The van der Waals surface area contributed by atoms with Crippen molar-refractivity contribution in [2.45, 2.75) is 18.9 Å². The Bertz CT molecular complexity index is 1320. The van der Waals surface area contributed by atoms with E-state index >= 15 is 0 Å². The zero-order valence-electron chi connectivity index (χ0n) is 18.7. The average molecular weight is 476 g/mol. The van der Waals surface area contributed by atoms with E-state index in [1.54, 1.807) is 23.5 Å². The molecule has 2 amide bonds. The lowest BCUT2D eigenvalue weighted by Gasteiger charge is -2.23. The van der Waals surface area contributed by atoms with Gasteiger partial charge in [0.2, 0.25) is 0 Å². The maximum Gasteiger partial charge on any atom is 0.273 e. The van der Waals surface area contributed by atoms with Gasteiger partial charge in [0.15, 0.2) is 0 Å². The first-order chi connectivity index (χ1) is 16.6. The third-order valence-corrected chi connectivity index (χ3v) is 6.71. The van der Waals surface area contributed by atoms with Crippen molar-refractivity contribution in [3.05, 3.63) is 71.4 Å². The molecule has 0 atom stereocenters. The molecule has 34 heavy (non-hydrogen) atoms. The molecule has 0 aliphatic carbocycles. The zero-order chi connectivity index (χ0) is 23.5. The molecule has 5 rings (SSSR count). The van der Waals surface area contributed by atoms with Crippen LogP contribution in [0.15, 0.2) is 60.1 Å². The minimum absolute atomic E-state index is 0.221. The van der Waals surface area contributed by atoms with E-state index in [9.17, 15) is 9.59 Å². The maximum absolute atomic E-state index is 12.8. The fourth-order valence-electron chi connectivity index (χ4n) is 4.01. The molecule has 0 bridgehead atoms. The molecule has 0 saturated carbocycles. The Hall–Kier alpha value is -3.69. The van der Waals surface area contributed by atoms with Gasteiger partial charge in [-0.3, -0.25) is 9.59 Å². The second-order valence-corrected chi connectivity index (χ2v) is 9.14. The third-order valence-electron chi connectivity index (χ3n) is 5.86. The van der Waals surface area contributed by atoms with Crippen molar-refractivity contribution in [3.8, 4) is 5.75 Å². The molecular formula is C25H25N5O3S. The first-order valence-corrected chi connectivity index (χ1v) is 12.0. The fraction of sp³-hybridized carbons (Fsp3) is 0.240. The molecule has 3 aromatic heterocycles. The van der Waals surface area contributed by atoms with Gasteiger partial charge in [-0.1, -0.05) is 0 Å². The number of aryl methyl sites for hydroxylation is 1. The van der Waals surface area contributed by atoms with Gasteiger partial charge in [-0.05, 0) is 79.8 Å². The molecule has 174 valence electrons. The topological polar surface area (TPSA) is 97.3 Å². The van der Waals surface area contributed by atoms with Gasteiger partial charge in [-0.2, -0.15) is 0 Å². The van der Waals surface area contributed by atoms with Crippen molar-refractivity contribution >= 4 is 44.9 Å². The largest absolute Gasteiger partial charge is 0.490 e. The fourth-order valence-corrected chi connectivity index (χ4v) is 4.86. The third kappa shape index (κ3) is 4.80. The molecule has 3 N–H and O–H groups in total. The molecule has 1 saturated heterocycles. The summed E-state index contributed by atoms with van der Waals surface area (Å²) in [6, 6.07) is 14.4. The maximum atomic E-state index is 12.8. The van der Waals surface area contributed by atoms with Gasteiger partial charge in [-0.15, -0.1) is 11.3 Å². The quantitative estimate of drug-likeness (QED) is 0.387. The van der Waals surface area contributed by atoms with Crippen LogP contribution in [-0.2, 0) is 7.05 Å². The molecular weight excluding hydrogens is 450 g/mol. The van der Waals surface area contributed by atoms with Gasteiger partial charge in [0.25, 0.3) is 11.8 Å². The molecule has 0 radical (unpaired) electrons. The molecule has 8 nitrogen and oxygen atoms in total. The summed E-state index contributed by atoms with van der Waals surface area (Å²) in [6.07, 6.45) is 3.70. The summed E-state index contributed by atoms with van der Waals surface area (Å²) < 4.78 is 8.90. The van der Waals surface area contributed by atoms with E-state index in [0.717, 1.165) is 41.9 Å². The SMILES string of the molecule is Cn1c(C(=O)Nc2cc(C(=O)Nc3ccc(OC4CCNCC4)cc3)ccn2)cc2sccc21. The van der Waals surface area contributed by atoms with E-state index < -0.39 is 0 Å². The van der Waals surface area contributed by atoms with Crippen molar-refractivity contribution in [1.82, 2.24) is 14.9 Å². The van der Waals surface area contributed by atoms with Crippen molar-refractivity contribution < 1.29 is 14.3 Å². The number of nitrogens with zero attached hydrogens (tertiary/aromatic N) is 2. The van der Waals surface area contributed by atoms with Crippen molar-refractivity contribution in [1.29, 1.82) is 0 Å². The lowest BCUT2D eigenvalue weighted by atomic mass is 10.1. The van der Waals surface area contributed by atoms with Gasteiger partial charge in [0.1, 0.15) is 23.4 Å². The van der Waals surface area contributed by atoms with Crippen molar-refractivity contribution in [2.24, 2.45) is 7.05 Å². The molecule has 1 aliphatic rings. The lowest BCUT2D eigenvalue weighted by Crippen LogP contribution is -2.34. The number of nitrogens with one attached hydrogen (secondary N) is 3. The number of thiophene rings is 1. The highest BCUT2D eigenvalue weighted by Gasteiger charge is 2.16. The Labute approximate surface area is 201 Å². The van der Waals surface area contributed by atoms with Crippen LogP contribution in [0.1, 0.15) is 33.7 Å². The predicted octanol–water partition coefficient (Wildman–Crippen LogP) is 4.27. The monoisotopic (exact) mass is 475 g/mol. The van der Waals surface area contributed by atoms with Crippen LogP contribution in [-0.4, -0.2) is 40.6 Å². The second kappa shape index (κ2) is 9.66. The van der Waals surface area contributed by atoms with E-state index in [-0.39, 0.29) is 17.9 Å². The number of aromatic nitrogens is 2. The van der Waals surface area contributed by atoms with Crippen LogP contribution in [0.3, 0.4) is 0 Å². The Morgan fingerprint density at radius 1 is 1.06 bits per heavy atom. The van der Waals surface area contributed by atoms with Crippen LogP contribution in [0.4, 0.5) is 11.5 Å². The van der Waals surface area contributed by atoms with Crippen LogP contribution in [0.5, 0.6) is 5.75 Å². The molecule has 1 fully saturated rings. The number of benzene rings is 1.